The van der Waals surface area contributed by atoms with Gasteiger partial charge in [0.15, 0.2) is 5.78 Å². The number of Topliss-reactive ketones (excluding diaryl/α,β-unsaturated/α-hetero) is 1. The molecular weight excluding hydrogens is 387 g/mol. The number of hydrogen-bond donors (Lipinski definition) is 0. The van der Waals surface area contributed by atoms with Crippen LogP contribution in [0.1, 0.15) is 33.7 Å². The Kier molecular flexibility index (Phi) is 3.97. The standard InChI is InChI=1S/C18H17F5N2OS/c1-12-6-9-17-24-13(2)18(25(17)11-12)16(26)8-7-14-4-3-5-15(10-14)27(19,20,21,22)23/h3-6,9-11H,7-8H2,1-2H3. The number of ketones is 1. The zero-order chi connectivity index (χ0) is 20.1. The Morgan fingerprint density at radius 1 is 1.07 bits per heavy atom. The third kappa shape index (κ3) is 4.13. The quantitative estimate of drug-likeness (QED) is 0.363. The molecule has 0 unspecified atom stereocenters. The van der Waals surface area contributed by atoms with Gasteiger partial charge in [-0.05, 0) is 49.6 Å². The van der Waals surface area contributed by atoms with E-state index in [1.54, 1.807) is 23.6 Å². The molecule has 0 bridgehead atoms. The van der Waals surface area contributed by atoms with Crippen molar-refractivity contribution in [3.63, 3.8) is 0 Å². The molecule has 0 amide bonds. The summed E-state index contributed by atoms with van der Waals surface area (Å²) in [5.41, 5.74) is 2.38. The average molecular weight is 404 g/mol. The van der Waals surface area contributed by atoms with E-state index in [-0.39, 0.29) is 24.2 Å². The fourth-order valence-corrected chi connectivity index (χ4v) is 3.63. The Morgan fingerprint density at radius 2 is 1.78 bits per heavy atom. The molecule has 0 saturated heterocycles. The van der Waals surface area contributed by atoms with E-state index in [1.807, 2.05) is 13.0 Å². The number of benzene rings is 1. The third-order valence-electron chi connectivity index (χ3n) is 4.19. The van der Waals surface area contributed by atoms with Crippen LogP contribution in [0.3, 0.4) is 0 Å². The summed E-state index contributed by atoms with van der Waals surface area (Å²) in [5.74, 6) is -0.316. The van der Waals surface area contributed by atoms with Gasteiger partial charge < -0.3 is 0 Å². The highest BCUT2D eigenvalue weighted by Gasteiger charge is 2.65. The zero-order valence-electron chi connectivity index (χ0n) is 14.6. The first-order valence-corrected chi connectivity index (χ1v) is 10.0. The summed E-state index contributed by atoms with van der Waals surface area (Å²) in [7, 11) is -9.74. The van der Waals surface area contributed by atoms with Gasteiger partial charge in [0.25, 0.3) is 0 Å². The van der Waals surface area contributed by atoms with E-state index in [0.717, 1.165) is 11.6 Å². The lowest BCUT2D eigenvalue weighted by Crippen LogP contribution is -2.08. The second-order valence-corrected chi connectivity index (χ2v) is 8.93. The number of imidazole rings is 1. The van der Waals surface area contributed by atoms with Gasteiger partial charge in [-0.15, -0.1) is 0 Å². The Labute approximate surface area is 152 Å². The molecule has 0 saturated carbocycles. The highest BCUT2D eigenvalue weighted by Crippen LogP contribution is 3.02. The molecule has 146 valence electrons. The van der Waals surface area contributed by atoms with Crippen LogP contribution in [0.2, 0.25) is 0 Å². The van der Waals surface area contributed by atoms with E-state index >= 15 is 0 Å². The number of carbonyl (C=O) groups is 1. The summed E-state index contributed by atoms with van der Waals surface area (Å²) in [6, 6.07) is 6.60. The molecule has 0 fully saturated rings. The Morgan fingerprint density at radius 3 is 2.44 bits per heavy atom. The lowest BCUT2D eigenvalue weighted by molar-refractivity contribution is 0.0976. The number of halogens is 5. The van der Waals surface area contributed by atoms with Crippen LogP contribution in [0.4, 0.5) is 19.4 Å². The third-order valence-corrected chi connectivity index (χ3v) is 5.33. The van der Waals surface area contributed by atoms with Crippen molar-refractivity contribution in [1.82, 2.24) is 9.38 Å². The molecule has 0 N–H and O–H groups in total. The van der Waals surface area contributed by atoms with Crippen molar-refractivity contribution >= 4 is 21.7 Å². The fourth-order valence-electron chi connectivity index (χ4n) is 2.92. The van der Waals surface area contributed by atoms with Gasteiger partial charge >= 0.3 is 10.2 Å². The van der Waals surface area contributed by atoms with Gasteiger partial charge in [-0.3, -0.25) is 9.20 Å². The van der Waals surface area contributed by atoms with Crippen molar-refractivity contribution in [3.8, 4) is 0 Å². The summed E-state index contributed by atoms with van der Waals surface area (Å²) in [6.07, 6.45) is 1.54. The predicted octanol–water partition coefficient (Wildman–Crippen LogP) is 6.42. The van der Waals surface area contributed by atoms with Crippen molar-refractivity contribution in [3.05, 3.63) is 65.1 Å². The number of fused-ring (bicyclic) bond motifs is 1. The number of hydrogen-bond acceptors (Lipinski definition) is 2. The van der Waals surface area contributed by atoms with Crippen molar-refractivity contribution in [2.75, 3.05) is 0 Å². The molecular formula is C18H17F5N2OS. The minimum Gasteiger partial charge on any atom is -0.297 e. The molecule has 9 heteroatoms. The molecule has 0 aliphatic carbocycles. The molecule has 3 rings (SSSR count). The average Bonchev–Trinajstić information content (AvgIpc) is 2.86. The molecule has 2 aromatic heterocycles. The molecule has 0 radical (unpaired) electrons. The molecule has 0 atom stereocenters. The van der Waals surface area contributed by atoms with Gasteiger partial charge in [-0.25, -0.2) is 4.98 Å². The van der Waals surface area contributed by atoms with Crippen LogP contribution in [0.25, 0.3) is 5.65 Å². The van der Waals surface area contributed by atoms with Crippen molar-refractivity contribution in [2.45, 2.75) is 31.6 Å². The van der Waals surface area contributed by atoms with E-state index in [0.29, 0.717) is 29.2 Å². The number of pyridine rings is 1. The normalized spacial score (nSPS) is 14.8. The zero-order valence-corrected chi connectivity index (χ0v) is 15.4. The van der Waals surface area contributed by atoms with Crippen molar-refractivity contribution in [1.29, 1.82) is 0 Å². The first-order chi connectivity index (χ1) is 12.2. The molecule has 2 heterocycles. The highest BCUT2D eigenvalue weighted by molar-refractivity contribution is 8.45. The number of aryl methyl sites for hydroxylation is 3. The minimum absolute atomic E-state index is 0.0248. The lowest BCUT2D eigenvalue weighted by atomic mass is 10.1. The summed E-state index contributed by atoms with van der Waals surface area (Å²) < 4.78 is 66.3. The maximum Gasteiger partial charge on any atom is 0.310 e. The van der Waals surface area contributed by atoms with E-state index in [2.05, 4.69) is 4.98 Å². The Hall–Kier alpha value is -2.42. The number of aromatic nitrogens is 2. The summed E-state index contributed by atoms with van der Waals surface area (Å²) in [6.45, 7) is 3.53. The van der Waals surface area contributed by atoms with Crippen LogP contribution < -0.4 is 0 Å². The van der Waals surface area contributed by atoms with Crippen LogP contribution in [0.15, 0.2) is 47.5 Å². The maximum absolute atomic E-state index is 12.9. The summed E-state index contributed by atoms with van der Waals surface area (Å²) in [4.78, 5) is 15.0. The van der Waals surface area contributed by atoms with E-state index in [9.17, 15) is 24.2 Å². The molecule has 3 nitrogen and oxygen atoms in total. The second-order valence-electron chi connectivity index (χ2n) is 6.52. The van der Waals surface area contributed by atoms with E-state index in [4.69, 9.17) is 0 Å². The summed E-state index contributed by atoms with van der Waals surface area (Å²) >= 11 is 0. The Bertz CT molecular complexity index is 1060. The SMILES string of the molecule is Cc1ccc2nc(C)c(C(=O)CCc3cccc(S(F)(F)(F)(F)F)c3)n2c1. The molecule has 0 aliphatic heterocycles. The van der Waals surface area contributed by atoms with Gasteiger partial charge in [0, 0.05) is 12.6 Å². The molecule has 27 heavy (non-hydrogen) atoms. The first kappa shape index (κ1) is 19.3. The number of carbonyl (C=O) groups excluding carboxylic acids is 1. The molecule has 3 aromatic rings. The van der Waals surface area contributed by atoms with Gasteiger partial charge in [0.05, 0.1) is 5.69 Å². The van der Waals surface area contributed by atoms with Crippen LogP contribution in [0.5, 0.6) is 0 Å². The van der Waals surface area contributed by atoms with E-state index < -0.39 is 15.1 Å². The van der Waals surface area contributed by atoms with Crippen molar-refractivity contribution < 1.29 is 24.2 Å². The molecule has 1 aromatic carbocycles. The van der Waals surface area contributed by atoms with Gasteiger partial charge in [0.1, 0.15) is 16.2 Å². The largest absolute Gasteiger partial charge is 0.310 e. The van der Waals surface area contributed by atoms with Crippen LogP contribution >= 0.6 is 10.2 Å². The predicted molar refractivity (Wildman–Crippen MR) is 95.2 cm³/mol. The van der Waals surface area contributed by atoms with Crippen LogP contribution in [-0.2, 0) is 6.42 Å². The monoisotopic (exact) mass is 404 g/mol. The number of rotatable bonds is 5. The summed E-state index contributed by atoms with van der Waals surface area (Å²) in [5, 5.41) is 0. The van der Waals surface area contributed by atoms with Gasteiger partial charge in [-0.1, -0.05) is 37.6 Å². The van der Waals surface area contributed by atoms with Gasteiger partial charge in [-0.2, -0.15) is 0 Å². The smallest absolute Gasteiger partial charge is 0.297 e. The number of nitrogens with zero attached hydrogens (tertiary/aromatic N) is 2. The van der Waals surface area contributed by atoms with Crippen LogP contribution in [-0.4, -0.2) is 15.2 Å². The van der Waals surface area contributed by atoms with Gasteiger partial charge in [0.2, 0.25) is 0 Å². The highest BCUT2D eigenvalue weighted by atomic mass is 32.5. The van der Waals surface area contributed by atoms with Crippen LogP contribution in [0, 0.1) is 13.8 Å². The first-order valence-electron chi connectivity index (χ1n) is 8.06. The second kappa shape index (κ2) is 5.54. The molecule has 0 spiro atoms. The Balaban J connectivity index is 1.86. The fraction of sp³-hybridized carbons (Fsp3) is 0.222. The topological polar surface area (TPSA) is 34.4 Å². The lowest BCUT2D eigenvalue weighted by Gasteiger charge is -2.40. The maximum atomic E-state index is 12.9. The molecule has 0 aliphatic rings. The van der Waals surface area contributed by atoms with Crippen molar-refractivity contribution in [2.24, 2.45) is 0 Å². The minimum atomic E-state index is -9.74. The van der Waals surface area contributed by atoms with E-state index in [1.165, 1.54) is 6.07 Å².